The molecule has 29 heavy (non-hydrogen) atoms. The minimum Gasteiger partial charge on any atom is -0.383 e. The van der Waals surface area contributed by atoms with Crippen molar-refractivity contribution in [1.29, 1.82) is 0 Å². The van der Waals surface area contributed by atoms with Crippen molar-refractivity contribution < 1.29 is 13.2 Å². The van der Waals surface area contributed by atoms with E-state index in [-0.39, 0.29) is 11.4 Å². The van der Waals surface area contributed by atoms with E-state index in [2.05, 4.69) is 44.8 Å². The summed E-state index contributed by atoms with van der Waals surface area (Å²) >= 11 is 1.75. The molecule has 0 bridgehead atoms. The number of nitrogens with zero attached hydrogens (tertiary/aromatic N) is 1. The lowest BCUT2D eigenvalue weighted by molar-refractivity contribution is 0.204. The molecule has 1 unspecified atom stereocenters. The first-order chi connectivity index (χ1) is 14.0. The molecule has 0 aliphatic carbocycles. The van der Waals surface area contributed by atoms with E-state index in [0.717, 1.165) is 24.6 Å². The Hall–Kier alpha value is -1.94. The first-order valence-electron chi connectivity index (χ1n) is 9.59. The van der Waals surface area contributed by atoms with E-state index in [1.165, 1.54) is 12.0 Å². The second kappa shape index (κ2) is 11.9. The van der Waals surface area contributed by atoms with Crippen molar-refractivity contribution in [3.05, 3.63) is 52.2 Å². The van der Waals surface area contributed by atoms with Crippen LogP contribution in [0.2, 0.25) is 0 Å². The Balaban J connectivity index is 1.94. The van der Waals surface area contributed by atoms with E-state index in [9.17, 15) is 8.42 Å². The Kier molecular flexibility index (Phi) is 9.59. The van der Waals surface area contributed by atoms with Gasteiger partial charge >= 0.3 is 0 Å². The molecule has 0 amide bonds. The molecule has 0 saturated carbocycles. The minimum absolute atomic E-state index is 0.233. The predicted octanol–water partition coefficient (Wildman–Crippen LogP) is 2.53. The molecule has 160 valence electrons. The van der Waals surface area contributed by atoms with Gasteiger partial charge < -0.3 is 15.4 Å². The van der Waals surface area contributed by atoms with E-state index < -0.39 is 10.0 Å². The molecule has 1 aromatic heterocycles. The summed E-state index contributed by atoms with van der Waals surface area (Å²) in [6.07, 6.45) is 0. The van der Waals surface area contributed by atoms with Crippen LogP contribution in [0.15, 0.2) is 51.7 Å². The minimum atomic E-state index is -3.52. The predicted molar refractivity (Wildman–Crippen MR) is 119 cm³/mol. The number of hydrogen-bond donors (Lipinski definition) is 3. The first-order valence-corrected chi connectivity index (χ1v) is 12.0. The number of benzene rings is 1. The van der Waals surface area contributed by atoms with Crippen LogP contribution in [0.3, 0.4) is 0 Å². The average molecular weight is 439 g/mol. The van der Waals surface area contributed by atoms with Gasteiger partial charge in [0, 0.05) is 37.5 Å². The largest absolute Gasteiger partial charge is 0.383 e. The topological polar surface area (TPSA) is 91.8 Å². The number of nitrogens with one attached hydrogen (secondary N) is 3. The van der Waals surface area contributed by atoms with Gasteiger partial charge in [-0.05, 0) is 36.1 Å². The first kappa shape index (κ1) is 23.3. The molecule has 0 fully saturated rings. The summed E-state index contributed by atoms with van der Waals surface area (Å²) < 4.78 is 31.8. The van der Waals surface area contributed by atoms with Crippen molar-refractivity contribution >= 4 is 27.3 Å². The van der Waals surface area contributed by atoms with Crippen molar-refractivity contribution in [2.45, 2.75) is 31.2 Å². The number of methoxy groups -OCH3 is 1. The molecule has 2 rings (SSSR count). The molecular weight excluding hydrogens is 408 g/mol. The van der Waals surface area contributed by atoms with Crippen LogP contribution in [0, 0.1) is 0 Å². The van der Waals surface area contributed by atoms with Crippen LogP contribution < -0.4 is 15.4 Å². The van der Waals surface area contributed by atoms with Crippen molar-refractivity contribution in [1.82, 2.24) is 15.4 Å². The number of ether oxygens (including phenoxy) is 1. The molecule has 1 aromatic carbocycles. The van der Waals surface area contributed by atoms with Gasteiger partial charge in [-0.3, -0.25) is 0 Å². The van der Waals surface area contributed by atoms with Gasteiger partial charge in [0.15, 0.2) is 5.96 Å². The third-order valence-electron chi connectivity index (χ3n) is 4.20. The molecule has 0 spiro atoms. The molecular formula is C20H30N4O3S2. The summed E-state index contributed by atoms with van der Waals surface area (Å²) in [7, 11) is -1.99. The average Bonchev–Trinajstić information content (AvgIpc) is 3.25. The molecule has 1 atom stereocenters. The zero-order chi connectivity index (χ0) is 21.1. The van der Waals surface area contributed by atoms with Gasteiger partial charge in [-0.1, -0.05) is 25.1 Å². The van der Waals surface area contributed by atoms with E-state index >= 15 is 0 Å². The van der Waals surface area contributed by atoms with Gasteiger partial charge in [0.25, 0.3) is 0 Å². The highest BCUT2D eigenvalue weighted by molar-refractivity contribution is 7.89. The van der Waals surface area contributed by atoms with Gasteiger partial charge in [-0.15, -0.1) is 11.3 Å². The second-order valence-electron chi connectivity index (χ2n) is 6.53. The van der Waals surface area contributed by atoms with Crippen molar-refractivity contribution in [2.75, 3.05) is 33.4 Å². The second-order valence-corrected chi connectivity index (χ2v) is 9.27. The Morgan fingerprint density at radius 2 is 1.97 bits per heavy atom. The monoisotopic (exact) mass is 438 g/mol. The van der Waals surface area contributed by atoms with Gasteiger partial charge in [0.1, 0.15) is 0 Å². The van der Waals surface area contributed by atoms with Crippen LogP contribution >= 0.6 is 11.3 Å². The van der Waals surface area contributed by atoms with Gasteiger partial charge in [0.05, 0.1) is 18.0 Å². The lowest BCUT2D eigenvalue weighted by Gasteiger charge is -2.15. The molecule has 1 heterocycles. The number of guanidine groups is 1. The summed E-state index contributed by atoms with van der Waals surface area (Å²) in [5.41, 5.74) is 0.935. The Morgan fingerprint density at radius 3 is 2.59 bits per heavy atom. The summed E-state index contributed by atoms with van der Waals surface area (Å²) in [4.78, 5) is 6.18. The van der Waals surface area contributed by atoms with Crippen LogP contribution in [-0.4, -0.2) is 47.7 Å². The molecule has 9 heteroatoms. The molecule has 0 aliphatic heterocycles. The molecule has 3 N–H and O–H groups in total. The zero-order valence-corrected chi connectivity index (χ0v) is 18.8. The van der Waals surface area contributed by atoms with Crippen LogP contribution in [0.25, 0.3) is 0 Å². The molecule has 7 nitrogen and oxygen atoms in total. The number of thiophene rings is 1. The lowest BCUT2D eigenvalue weighted by Crippen LogP contribution is -2.39. The highest BCUT2D eigenvalue weighted by Gasteiger charge is 2.13. The normalized spacial score (nSPS) is 13.3. The summed E-state index contributed by atoms with van der Waals surface area (Å²) in [6, 6.07) is 11.0. The summed E-state index contributed by atoms with van der Waals surface area (Å²) in [5, 5.41) is 8.70. The van der Waals surface area contributed by atoms with Crippen molar-refractivity contribution in [3.63, 3.8) is 0 Å². The maximum Gasteiger partial charge on any atom is 0.240 e. The summed E-state index contributed by atoms with van der Waals surface area (Å²) in [6.45, 7) is 6.79. The third-order valence-corrected chi connectivity index (χ3v) is 6.78. The molecule has 0 saturated heterocycles. The van der Waals surface area contributed by atoms with E-state index in [1.54, 1.807) is 35.6 Å². The van der Waals surface area contributed by atoms with Crippen LogP contribution in [-0.2, 0) is 21.3 Å². The fourth-order valence-electron chi connectivity index (χ4n) is 2.57. The Labute approximate surface area is 177 Å². The van der Waals surface area contributed by atoms with E-state index in [4.69, 9.17) is 4.74 Å². The number of sulfonamides is 1. The Morgan fingerprint density at radius 1 is 1.21 bits per heavy atom. The third kappa shape index (κ3) is 7.77. The Bertz CT molecular complexity index is 850. The molecule has 2 aromatic rings. The fraction of sp³-hybridized carbons (Fsp3) is 0.450. The van der Waals surface area contributed by atoms with Gasteiger partial charge in [-0.2, -0.15) is 0 Å². The highest BCUT2D eigenvalue weighted by atomic mass is 32.2. The van der Waals surface area contributed by atoms with E-state index in [0.29, 0.717) is 19.1 Å². The van der Waals surface area contributed by atoms with Crippen LogP contribution in [0.1, 0.15) is 30.2 Å². The SMILES string of the molecule is CCNC(=NCc1ccc(S(=O)(=O)NCCOC)cc1)NCC(C)c1cccs1. The van der Waals surface area contributed by atoms with E-state index in [1.807, 2.05) is 6.92 Å². The lowest BCUT2D eigenvalue weighted by atomic mass is 10.1. The summed E-state index contributed by atoms with van der Waals surface area (Å²) in [5.74, 6) is 1.14. The van der Waals surface area contributed by atoms with Crippen molar-refractivity contribution in [3.8, 4) is 0 Å². The number of rotatable bonds is 11. The van der Waals surface area contributed by atoms with Crippen LogP contribution in [0.5, 0.6) is 0 Å². The maximum absolute atomic E-state index is 12.2. The highest BCUT2D eigenvalue weighted by Crippen LogP contribution is 2.19. The van der Waals surface area contributed by atoms with Crippen LogP contribution in [0.4, 0.5) is 0 Å². The number of aliphatic imine (C=N–C) groups is 1. The molecule has 0 aliphatic rings. The zero-order valence-electron chi connectivity index (χ0n) is 17.1. The van der Waals surface area contributed by atoms with Gasteiger partial charge in [-0.25, -0.2) is 18.1 Å². The quantitative estimate of drug-likeness (QED) is 0.285. The maximum atomic E-state index is 12.2. The number of hydrogen-bond acceptors (Lipinski definition) is 5. The molecule has 0 radical (unpaired) electrons. The smallest absolute Gasteiger partial charge is 0.240 e. The van der Waals surface area contributed by atoms with Crippen molar-refractivity contribution in [2.24, 2.45) is 4.99 Å². The standard InChI is InChI=1S/C20H30N4O3S2/c1-4-21-20(22-14-16(2)19-6-5-13-28-19)23-15-17-7-9-18(10-8-17)29(25,26)24-11-12-27-3/h5-10,13,16,24H,4,11-12,14-15H2,1-3H3,(H2,21,22,23). The fourth-order valence-corrected chi connectivity index (χ4v) is 4.37. The van der Waals surface area contributed by atoms with Gasteiger partial charge in [0.2, 0.25) is 10.0 Å².